The van der Waals surface area contributed by atoms with Crippen molar-refractivity contribution in [2.75, 3.05) is 33.5 Å². The Morgan fingerprint density at radius 3 is 2.71 bits per heavy atom. The minimum atomic E-state index is -0.223. The number of methoxy groups -OCH3 is 1. The molecule has 0 bridgehead atoms. The van der Waals surface area contributed by atoms with Gasteiger partial charge in [-0.2, -0.15) is 0 Å². The third kappa shape index (κ3) is 6.00. The molecule has 17 heavy (non-hydrogen) atoms. The first-order chi connectivity index (χ1) is 8.16. The van der Waals surface area contributed by atoms with E-state index in [2.05, 4.69) is 5.32 Å². The molecule has 0 aromatic carbocycles. The smallest absolute Gasteiger partial charge is 0.221 e. The van der Waals surface area contributed by atoms with E-state index in [9.17, 15) is 4.79 Å². The number of carbonyl (C=O) groups is 1. The molecule has 1 saturated carbocycles. The highest BCUT2D eigenvalue weighted by molar-refractivity contribution is 5.77. The Bertz CT molecular complexity index is 230. The van der Waals surface area contributed by atoms with Crippen LogP contribution in [-0.2, 0) is 14.3 Å². The number of rotatable bonds is 9. The lowest BCUT2D eigenvalue weighted by molar-refractivity contribution is -0.123. The van der Waals surface area contributed by atoms with Gasteiger partial charge in [-0.05, 0) is 25.7 Å². The van der Waals surface area contributed by atoms with Crippen LogP contribution in [-0.4, -0.2) is 44.9 Å². The Labute approximate surface area is 103 Å². The van der Waals surface area contributed by atoms with Gasteiger partial charge in [0.2, 0.25) is 5.91 Å². The Morgan fingerprint density at radius 2 is 2.12 bits per heavy atom. The van der Waals surface area contributed by atoms with E-state index < -0.39 is 0 Å². The van der Waals surface area contributed by atoms with E-state index in [0.717, 1.165) is 25.7 Å². The van der Waals surface area contributed by atoms with Gasteiger partial charge in [0.05, 0.1) is 13.2 Å². The summed E-state index contributed by atoms with van der Waals surface area (Å²) in [5.41, 5.74) is 5.77. The maximum absolute atomic E-state index is 11.5. The van der Waals surface area contributed by atoms with Crippen molar-refractivity contribution in [3.05, 3.63) is 0 Å². The quantitative estimate of drug-likeness (QED) is 0.577. The normalized spacial score (nSPS) is 17.5. The van der Waals surface area contributed by atoms with Gasteiger partial charge in [-0.15, -0.1) is 0 Å². The fraction of sp³-hybridized carbons (Fsp3) is 0.917. The van der Waals surface area contributed by atoms with Crippen molar-refractivity contribution in [2.45, 2.75) is 37.6 Å². The van der Waals surface area contributed by atoms with Crippen LogP contribution in [0.1, 0.15) is 32.1 Å². The summed E-state index contributed by atoms with van der Waals surface area (Å²) in [7, 11) is 1.65. The topological polar surface area (TPSA) is 73.6 Å². The summed E-state index contributed by atoms with van der Waals surface area (Å²) in [6, 6.07) is 0. The van der Waals surface area contributed by atoms with Crippen molar-refractivity contribution in [3.63, 3.8) is 0 Å². The molecule has 1 amide bonds. The number of nitrogens with two attached hydrogens (primary N) is 1. The van der Waals surface area contributed by atoms with Crippen molar-refractivity contribution in [3.8, 4) is 0 Å². The predicted molar refractivity (Wildman–Crippen MR) is 65.7 cm³/mol. The Balaban J connectivity index is 1.90. The molecule has 0 aliphatic heterocycles. The van der Waals surface area contributed by atoms with Crippen LogP contribution in [0.25, 0.3) is 0 Å². The fourth-order valence-corrected chi connectivity index (χ4v) is 1.84. The number of nitrogens with one attached hydrogen (secondary N) is 1. The molecule has 0 saturated heterocycles. The van der Waals surface area contributed by atoms with Gasteiger partial charge in [0.15, 0.2) is 0 Å². The van der Waals surface area contributed by atoms with Gasteiger partial charge < -0.3 is 20.5 Å². The summed E-state index contributed by atoms with van der Waals surface area (Å²) in [4.78, 5) is 11.5. The van der Waals surface area contributed by atoms with Crippen LogP contribution in [0.5, 0.6) is 0 Å². The second-order valence-corrected chi connectivity index (χ2v) is 4.70. The first-order valence-corrected chi connectivity index (χ1v) is 6.28. The van der Waals surface area contributed by atoms with Gasteiger partial charge in [0.1, 0.15) is 0 Å². The minimum absolute atomic E-state index is 0.0593. The summed E-state index contributed by atoms with van der Waals surface area (Å²) in [5.74, 6) is 0.0593. The first kappa shape index (κ1) is 14.4. The summed E-state index contributed by atoms with van der Waals surface area (Å²) in [6.45, 7) is 2.53. The molecule has 100 valence electrons. The standard InChI is InChI=1S/C12H24N2O3/c1-16-8-9-17-7-3-6-14-11(15)10-12(13)4-2-5-12/h2-10,13H2,1H3,(H,14,15). The Hall–Kier alpha value is -0.650. The molecule has 0 radical (unpaired) electrons. The second kappa shape index (κ2) is 7.63. The van der Waals surface area contributed by atoms with E-state index in [-0.39, 0.29) is 11.4 Å². The zero-order chi connectivity index (χ0) is 12.6. The third-order valence-electron chi connectivity index (χ3n) is 3.08. The number of hydrogen-bond acceptors (Lipinski definition) is 4. The average molecular weight is 244 g/mol. The molecule has 1 aliphatic rings. The van der Waals surface area contributed by atoms with Gasteiger partial charge in [0.25, 0.3) is 0 Å². The molecule has 0 aromatic rings. The van der Waals surface area contributed by atoms with Crippen LogP contribution < -0.4 is 11.1 Å². The monoisotopic (exact) mass is 244 g/mol. The second-order valence-electron chi connectivity index (χ2n) is 4.70. The zero-order valence-corrected chi connectivity index (χ0v) is 10.7. The summed E-state index contributed by atoms with van der Waals surface area (Å²) < 4.78 is 10.1. The predicted octanol–water partition coefficient (Wildman–Crippen LogP) is 0.427. The van der Waals surface area contributed by atoms with Crippen molar-refractivity contribution < 1.29 is 14.3 Å². The van der Waals surface area contributed by atoms with Crippen molar-refractivity contribution in [1.29, 1.82) is 0 Å². The van der Waals surface area contributed by atoms with Gasteiger partial charge in [-0.3, -0.25) is 4.79 Å². The van der Waals surface area contributed by atoms with Gasteiger partial charge in [-0.1, -0.05) is 0 Å². The van der Waals surface area contributed by atoms with Gasteiger partial charge in [0, 0.05) is 32.2 Å². The summed E-state index contributed by atoms with van der Waals surface area (Å²) >= 11 is 0. The van der Waals surface area contributed by atoms with Crippen LogP contribution in [0.2, 0.25) is 0 Å². The minimum Gasteiger partial charge on any atom is -0.382 e. The maximum atomic E-state index is 11.5. The van der Waals surface area contributed by atoms with E-state index in [4.69, 9.17) is 15.2 Å². The Kier molecular flexibility index (Phi) is 6.47. The highest BCUT2D eigenvalue weighted by Crippen LogP contribution is 2.31. The van der Waals surface area contributed by atoms with Crippen molar-refractivity contribution >= 4 is 5.91 Å². The van der Waals surface area contributed by atoms with Crippen LogP contribution in [0.4, 0.5) is 0 Å². The molecule has 0 atom stereocenters. The molecular weight excluding hydrogens is 220 g/mol. The van der Waals surface area contributed by atoms with E-state index in [1.807, 2.05) is 0 Å². The van der Waals surface area contributed by atoms with Crippen molar-refractivity contribution in [1.82, 2.24) is 5.32 Å². The summed E-state index contributed by atoms with van der Waals surface area (Å²) in [6.07, 6.45) is 4.38. The van der Waals surface area contributed by atoms with Gasteiger partial charge >= 0.3 is 0 Å². The Morgan fingerprint density at radius 1 is 1.35 bits per heavy atom. The molecule has 0 unspecified atom stereocenters. The molecule has 5 heteroatoms. The van der Waals surface area contributed by atoms with E-state index in [0.29, 0.717) is 32.8 Å². The highest BCUT2D eigenvalue weighted by atomic mass is 16.5. The molecule has 0 spiro atoms. The van der Waals surface area contributed by atoms with Gasteiger partial charge in [-0.25, -0.2) is 0 Å². The lowest BCUT2D eigenvalue weighted by Gasteiger charge is -2.37. The molecule has 1 fully saturated rings. The lowest BCUT2D eigenvalue weighted by Crippen LogP contribution is -2.50. The fourth-order valence-electron chi connectivity index (χ4n) is 1.84. The first-order valence-electron chi connectivity index (χ1n) is 6.28. The molecule has 0 heterocycles. The SMILES string of the molecule is COCCOCCCNC(=O)CC1(N)CCC1. The number of carbonyl (C=O) groups excluding carboxylic acids is 1. The molecule has 5 nitrogen and oxygen atoms in total. The van der Waals surface area contributed by atoms with Crippen LogP contribution >= 0.6 is 0 Å². The lowest BCUT2D eigenvalue weighted by atomic mass is 9.75. The molecule has 0 aromatic heterocycles. The van der Waals surface area contributed by atoms with Crippen LogP contribution in [0, 0.1) is 0 Å². The molecule has 1 rings (SSSR count). The molecule has 3 N–H and O–H groups in total. The number of hydrogen-bond donors (Lipinski definition) is 2. The average Bonchev–Trinajstić information content (AvgIpc) is 2.26. The van der Waals surface area contributed by atoms with Crippen LogP contribution in [0.3, 0.4) is 0 Å². The van der Waals surface area contributed by atoms with E-state index in [1.165, 1.54) is 0 Å². The van der Waals surface area contributed by atoms with Crippen LogP contribution in [0.15, 0.2) is 0 Å². The molecule has 1 aliphatic carbocycles. The zero-order valence-electron chi connectivity index (χ0n) is 10.7. The third-order valence-corrected chi connectivity index (χ3v) is 3.08. The number of ether oxygens (including phenoxy) is 2. The molecular formula is C12H24N2O3. The largest absolute Gasteiger partial charge is 0.382 e. The maximum Gasteiger partial charge on any atom is 0.221 e. The number of amides is 1. The van der Waals surface area contributed by atoms with E-state index >= 15 is 0 Å². The summed E-state index contributed by atoms with van der Waals surface area (Å²) in [5, 5.41) is 2.87. The van der Waals surface area contributed by atoms with E-state index in [1.54, 1.807) is 7.11 Å². The highest BCUT2D eigenvalue weighted by Gasteiger charge is 2.34. The van der Waals surface area contributed by atoms with Crippen molar-refractivity contribution in [2.24, 2.45) is 5.73 Å².